The topological polar surface area (TPSA) is 69.6 Å². The number of nitrogen functional groups attached to an aromatic ring is 1. The summed E-state index contributed by atoms with van der Waals surface area (Å²) < 4.78 is 2.09. The predicted octanol–water partition coefficient (Wildman–Crippen LogP) is 3.10. The summed E-state index contributed by atoms with van der Waals surface area (Å²) in [4.78, 5) is 13.1. The normalized spacial score (nSPS) is 14.2. The van der Waals surface area contributed by atoms with E-state index in [0.717, 1.165) is 16.8 Å². The summed E-state index contributed by atoms with van der Waals surface area (Å²) in [5.74, 6) is 1.80. The van der Waals surface area contributed by atoms with E-state index in [0.29, 0.717) is 17.6 Å². The zero-order valence-corrected chi connectivity index (χ0v) is 12.4. The molecule has 5 heteroatoms. The van der Waals surface area contributed by atoms with Crippen LogP contribution in [0.5, 0.6) is 0 Å². The summed E-state index contributed by atoms with van der Waals surface area (Å²) in [5, 5.41) is 0. The van der Waals surface area contributed by atoms with Crippen molar-refractivity contribution in [1.82, 2.24) is 19.5 Å². The maximum Gasteiger partial charge on any atom is 0.161 e. The number of rotatable bonds is 3. The molecule has 2 aromatic heterocycles. The van der Waals surface area contributed by atoms with E-state index in [1.807, 2.05) is 12.4 Å². The molecular formula is C17H17N5. The summed E-state index contributed by atoms with van der Waals surface area (Å²) in [7, 11) is 0. The lowest BCUT2D eigenvalue weighted by Crippen LogP contribution is -1.97. The molecule has 3 aromatic rings. The standard InChI is InChI=1S/C17H17N5/c1-11-8-13(17-19-7-6-16(18)21-17)4-5-15(11)22-9-14(20-10-22)12-2-3-12/h4-10,12H,2-3H2,1H3,(H2,18,19,21). The number of imidazole rings is 1. The van der Waals surface area contributed by atoms with Crippen molar-refractivity contribution >= 4 is 5.82 Å². The summed E-state index contributed by atoms with van der Waals surface area (Å²) >= 11 is 0. The number of hydrogen-bond donors (Lipinski definition) is 1. The summed E-state index contributed by atoms with van der Waals surface area (Å²) in [6, 6.07) is 7.88. The highest BCUT2D eigenvalue weighted by molar-refractivity contribution is 5.61. The molecule has 0 radical (unpaired) electrons. The summed E-state index contributed by atoms with van der Waals surface area (Å²) in [6.45, 7) is 2.09. The van der Waals surface area contributed by atoms with Crippen LogP contribution in [0.25, 0.3) is 17.1 Å². The zero-order valence-electron chi connectivity index (χ0n) is 12.4. The average molecular weight is 291 g/mol. The predicted molar refractivity (Wildman–Crippen MR) is 85.7 cm³/mol. The van der Waals surface area contributed by atoms with E-state index in [9.17, 15) is 0 Å². The van der Waals surface area contributed by atoms with E-state index in [1.165, 1.54) is 18.5 Å². The number of benzene rings is 1. The van der Waals surface area contributed by atoms with Crippen LogP contribution < -0.4 is 5.73 Å². The molecule has 1 aliphatic carbocycles. The molecule has 5 nitrogen and oxygen atoms in total. The minimum Gasteiger partial charge on any atom is -0.384 e. The number of aryl methyl sites for hydroxylation is 1. The zero-order chi connectivity index (χ0) is 15.1. The van der Waals surface area contributed by atoms with Crippen LogP contribution in [0, 0.1) is 6.92 Å². The highest BCUT2D eigenvalue weighted by atomic mass is 15.0. The third-order valence-electron chi connectivity index (χ3n) is 4.01. The fraction of sp³-hybridized carbons (Fsp3) is 0.235. The summed E-state index contributed by atoms with van der Waals surface area (Å²) in [6.07, 6.45) is 8.24. The quantitative estimate of drug-likeness (QED) is 0.805. The second kappa shape index (κ2) is 4.94. The highest BCUT2D eigenvalue weighted by Gasteiger charge is 2.25. The van der Waals surface area contributed by atoms with E-state index < -0.39 is 0 Å². The molecule has 0 unspecified atom stereocenters. The van der Waals surface area contributed by atoms with Gasteiger partial charge in [0.05, 0.1) is 12.0 Å². The number of anilines is 1. The molecule has 0 spiro atoms. The Bertz CT molecular complexity index is 833. The van der Waals surface area contributed by atoms with Crippen molar-refractivity contribution in [2.24, 2.45) is 0 Å². The van der Waals surface area contributed by atoms with Gasteiger partial charge in [-0.15, -0.1) is 0 Å². The fourth-order valence-corrected chi connectivity index (χ4v) is 2.66. The van der Waals surface area contributed by atoms with Crippen LogP contribution in [0.15, 0.2) is 43.0 Å². The van der Waals surface area contributed by atoms with Gasteiger partial charge in [0.15, 0.2) is 5.82 Å². The molecule has 1 fully saturated rings. The second-order valence-corrected chi connectivity index (χ2v) is 5.79. The van der Waals surface area contributed by atoms with E-state index in [-0.39, 0.29) is 0 Å². The summed E-state index contributed by atoms with van der Waals surface area (Å²) in [5.41, 5.74) is 10.2. The molecule has 0 saturated heterocycles. The second-order valence-electron chi connectivity index (χ2n) is 5.79. The lowest BCUT2D eigenvalue weighted by molar-refractivity contribution is 1.04. The number of nitrogens with zero attached hydrogens (tertiary/aromatic N) is 4. The minimum atomic E-state index is 0.482. The van der Waals surface area contributed by atoms with Crippen molar-refractivity contribution in [3.8, 4) is 17.1 Å². The van der Waals surface area contributed by atoms with Gasteiger partial charge < -0.3 is 10.3 Å². The Morgan fingerprint density at radius 2 is 2.05 bits per heavy atom. The molecule has 1 saturated carbocycles. The third kappa shape index (κ3) is 2.35. The van der Waals surface area contributed by atoms with Gasteiger partial charge in [-0.1, -0.05) is 0 Å². The van der Waals surface area contributed by atoms with Crippen molar-refractivity contribution in [2.75, 3.05) is 5.73 Å². The molecule has 0 bridgehead atoms. The van der Waals surface area contributed by atoms with Crippen LogP contribution in [0.2, 0.25) is 0 Å². The highest BCUT2D eigenvalue weighted by Crippen LogP contribution is 2.39. The SMILES string of the molecule is Cc1cc(-c2nccc(N)n2)ccc1-n1cnc(C2CC2)c1. The first kappa shape index (κ1) is 13.0. The number of hydrogen-bond acceptors (Lipinski definition) is 4. The van der Waals surface area contributed by atoms with Crippen LogP contribution in [-0.2, 0) is 0 Å². The van der Waals surface area contributed by atoms with Crippen molar-refractivity contribution in [1.29, 1.82) is 0 Å². The smallest absolute Gasteiger partial charge is 0.161 e. The Morgan fingerprint density at radius 3 is 2.77 bits per heavy atom. The largest absolute Gasteiger partial charge is 0.384 e. The molecule has 110 valence electrons. The lowest BCUT2D eigenvalue weighted by atomic mass is 10.1. The molecule has 0 atom stereocenters. The van der Waals surface area contributed by atoms with Gasteiger partial charge in [-0.2, -0.15) is 0 Å². The van der Waals surface area contributed by atoms with Crippen LogP contribution in [0.1, 0.15) is 30.0 Å². The first-order valence-electron chi connectivity index (χ1n) is 7.44. The van der Waals surface area contributed by atoms with Gasteiger partial charge >= 0.3 is 0 Å². The van der Waals surface area contributed by atoms with Crippen LogP contribution in [0.4, 0.5) is 5.82 Å². The monoisotopic (exact) mass is 291 g/mol. The maximum absolute atomic E-state index is 5.73. The van der Waals surface area contributed by atoms with Gasteiger partial charge in [-0.05, 0) is 49.6 Å². The van der Waals surface area contributed by atoms with E-state index in [1.54, 1.807) is 12.3 Å². The molecule has 22 heavy (non-hydrogen) atoms. The van der Waals surface area contributed by atoms with Crippen molar-refractivity contribution in [3.63, 3.8) is 0 Å². The fourth-order valence-electron chi connectivity index (χ4n) is 2.66. The molecule has 0 aliphatic heterocycles. The number of nitrogens with two attached hydrogens (primary N) is 1. The Balaban J connectivity index is 1.70. The minimum absolute atomic E-state index is 0.482. The Hall–Kier alpha value is -2.69. The maximum atomic E-state index is 5.73. The third-order valence-corrected chi connectivity index (χ3v) is 4.01. The van der Waals surface area contributed by atoms with Gasteiger partial charge in [-0.3, -0.25) is 0 Å². The van der Waals surface area contributed by atoms with Gasteiger partial charge in [-0.25, -0.2) is 15.0 Å². The Morgan fingerprint density at radius 1 is 1.18 bits per heavy atom. The van der Waals surface area contributed by atoms with Gasteiger partial charge in [0, 0.05) is 29.6 Å². The molecule has 2 heterocycles. The Kier molecular flexibility index (Phi) is 2.92. The van der Waals surface area contributed by atoms with E-state index >= 15 is 0 Å². The van der Waals surface area contributed by atoms with Gasteiger partial charge in [0.2, 0.25) is 0 Å². The first-order valence-corrected chi connectivity index (χ1v) is 7.44. The van der Waals surface area contributed by atoms with Crippen molar-refractivity contribution in [3.05, 3.63) is 54.2 Å². The van der Waals surface area contributed by atoms with Crippen LogP contribution >= 0.6 is 0 Å². The van der Waals surface area contributed by atoms with Crippen molar-refractivity contribution in [2.45, 2.75) is 25.7 Å². The molecular weight excluding hydrogens is 274 g/mol. The van der Waals surface area contributed by atoms with Crippen LogP contribution in [-0.4, -0.2) is 19.5 Å². The molecule has 2 N–H and O–H groups in total. The van der Waals surface area contributed by atoms with Crippen molar-refractivity contribution < 1.29 is 0 Å². The molecule has 0 amide bonds. The molecule has 1 aromatic carbocycles. The first-order chi connectivity index (χ1) is 10.7. The molecule has 4 rings (SSSR count). The Labute approximate surface area is 128 Å². The number of aromatic nitrogens is 4. The van der Waals surface area contributed by atoms with Crippen LogP contribution in [0.3, 0.4) is 0 Å². The van der Waals surface area contributed by atoms with E-state index in [4.69, 9.17) is 5.73 Å². The molecule has 1 aliphatic rings. The van der Waals surface area contributed by atoms with Gasteiger partial charge in [0.1, 0.15) is 5.82 Å². The van der Waals surface area contributed by atoms with Gasteiger partial charge in [0.25, 0.3) is 0 Å². The average Bonchev–Trinajstić information content (AvgIpc) is 3.25. The lowest BCUT2D eigenvalue weighted by Gasteiger charge is -2.09. The van der Waals surface area contributed by atoms with E-state index in [2.05, 4.69) is 44.8 Å².